The van der Waals surface area contributed by atoms with E-state index in [1.54, 1.807) is 25.0 Å². The first kappa shape index (κ1) is 22.2. The van der Waals surface area contributed by atoms with Gasteiger partial charge in [-0.2, -0.15) is 0 Å². The summed E-state index contributed by atoms with van der Waals surface area (Å²) in [5.41, 5.74) is 0.601. The fraction of sp³-hybridized carbons (Fsp3) is 0.550. The van der Waals surface area contributed by atoms with Gasteiger partial charge in [0.15, 0.2) is 18.8 Å². The van der Waals surface area contributed by atoms with Crippen LogP contribution < -0.4 is 9.47 Å². The van der Waals surface area contributed by atoms with Crippen molar-refractivity contribution in [2.24, 2.45) is 0 Å². The number of methoxy groups -OCH3 is 1. The molecule has 31 heavy (non-hydrogen) atoms. The molecule has 2 unspecified atom stereocenters. The van der Waals surface area contributed by atoms with Crippen LogP contribution >= 0.6 is 11.6 Å². The van der Waals surface area contributed by atoms with Gasteiger partial charge >= 0.3 is 7.05 Å². The molecule has 0 spiro atoms. The lowest BCUT2D eigenvalue weighted by molar-refractivity contribution is -0.0455. The quantitative estimate of drug-likeness (QED) is 0.509. The van der Waals surface area contributed by atoms with Crippen LogP contribution in [0.3, 0.4) is 0 Å². The van der Waals surface area contributed by atoms with Gasteiger partial charge in [0, 0.05) is 30.6 Å². The van der Waals surface area contributed by atoms with Gasteiger partial charge in [-0.05, 0) is 37.9 Å². The molecule has 0 amide bonds. The van der Waals surface area contributed by atoms with E-state index in [1.807, 2.05) is 4.81 Å². The number of alkyl halides is 1. The number of ether oxygens (including phenoxy) is 3. The van der Waals surface area contributed by atoms with Gasteiger partial charge < -0.3 is 24.0 Å². The molecule has 2 bridgehead atoms. The highest BCUT2D eigenvalue weighted by molar-refractivity contribution is 6.45. The van der Waals surface area contributed by atoms with E-state index in [2.05, 4.69) is 15.2 Å². The maximum Gasteiger partial charge on any atom is 0.376 e. The van der Waals surface area contributed by atoms with E-state index in [-0.39, 0.29) is 24.8 Å². The van der Waals surface area contributed by atoms with Crippen LogP contribution in [0.15, 0.2) is 24.4 Å². The molecule has 0 saturated carbocycles. The maximum absolute atomic E-state index is 15.2. The molecule has 4 atom stereocenters. The molecule has 8 nitrogen and oxygen atoms in total. The van der Waals surface area contributed by atoms with E-state index in [0.29, 0.717) is 35.0 Å². The molecule has 2 aliphatic rings. The van der Waals surface area contributed by atoms with Gasteiger partial charge in [0.25, 0.3) is 5.88 Å². The first-order chi connectivity index (χ1) is 15.0. The van der Waals surface area contributed by atoms with Gasteiger partial charge in [-0.1, -0.05) is 18.0 Å². The zero-order valence-corrected chi connectivity index (χ0v) is 18.2. The number of halogens is 2. The van der Waals surface area contributed by atoms with Crippen LogP contribution in [0.1, 0.15) is 25.7 Å². The summed E-state index contributed by atoms with van der Waals surface area (Å²) in [6.07, 6.45) is 2.61. The van der Waals surface area contributed by atoms with Gasteiger partial charge in [0.1, 0.15) is 11.9 Å². The highest BCUT2D eigenvalue weighted by Crippen LogP contribution is 2.37. The number of rotatable bonds is 7. The molecule has 2 aliphatic heterocycles. The second kappa shape index (κ2) is 9.64. The number of hydrogen-bond acceptors (Lipinski definition) is 8. The van der Waals surface area contributed by atoms with Gasteiger partial charge in [-0.25, -0.2) is 9.37 Å². The van der Waals surface area contributed by atoms with Gasteiger partial charge in [-0.3, -0.25) is 0 Å². The second-order valence-corrected chi connectivity index (χ2v) is 8.32. The van der Waals surface area contributed by atoms with Crippen LogP contribution in [-0.2, 0) is 4.74 Å². The lowest BCUT2D eigenvalue weighted by Crippen LogP contribution is -2.64. The summed E-state index contributed by atoms with van der Waals surface area (Å²) in [6, 6.07) is 4.81. The molecular formula is C20H25BClFN4O4. The standard InChI is InChI=1S/C20H25BClFN4O4/c1-21(28)27-13-4-3-5-15(27)19(23)17(9-13)31-18-10-24-20(26-25-18)14-7-6-12(22)8-16(14)30-11-29-2/h6-8,10,13,15,17,19,28H,3-5,9,11H2,1-2H3/t13?,15?,17-,19-/m0/s1. The predicted molar refractivity (Wildman–Crippen MR) is 114 cm³/mol. The lowest BCUT2D eigenvalue weighted by Gasteiger charge is -2.50. The summed E-state index contributed by atoms with van der Waals surface area (Å²) < 4.78 is 31.5. The van der Waals surface area contributed by atoms with Crippen molar-refractivity contribution in [2.45, 2.75) is 56.9 Å². The van der Waals surface area contributed by atoms with Crippen molar-refractivity contribution >= 4 is 18.7 Å². The molecule has 1 N–H and O–H groups in total. The minimum atomic E-state index is -1.22. The number of piperidine rings is 2. The Labute approximate surface area is 185 Å². The highest BCUT2D eigenvalue weighted by Gasteiger charge is 2.48. The molecule has 166 valence electrons. The van der Waals surface area contributed by atoms with E-state index < -0.39 is 19.3 Å². The topological polar surface area (TPSA) is 89.8 Å². The normalized spacial score (nSPS) is 25.8. The van der Waals surface area contributed by atoms with Gasteiger partial charge in [0.05, 0.1) is 11.8 Å². The molecule has 11 heteroatoms. The Bertz CT molecular complexity index is 894. The third kappa shape index (κ3) is 4.77. The van der Waals surface area contributed by atoms with E-state index in [1.165, 1.54) is 13.3 Å². The summed E-state index contributed by atoms with van der Waals surface area (Å²) in [7, 11) is 0.844. The molecule has 0 radical (unpaired) electrons. The number of benzene rings is 1. The molecule has 2 saturated heterocycles. The summed E-state index contributed by atoms with van der Waals surface area (Å²) in [6.45, 7) is 1.74. The zero-order valence-electron chi connectivity index (χ0n) is 17.4. The smallest absolute Gasteiger partial charge is 0.376 e. The predicted octanol–water partition coefficient (Wildman–Crippen LogP) is 3.00. The van der Waals surface area contributed by atoms with Crippen LogP contribution in [0.25, 0.3) is 11.4 Å². The lowest BCUT2D eigenvalue weighted by atomic mass is 9.71. The molecular weight excluding hydrogens is 426 g/mol. The molecule has 0 aliphatic carbocycles. The van der Waals surface area contributed by atoms with Crippen LogP contribution in [-0.4, -0.2) is 70.3 Å². The molecule has 4 rings (SSSR count). The summed E-state index contributed by atoms with van der Waals surface area (Å²) in [4.78, 5) is 6.20. The molecule has 3 heterocycles. The highest BCUT2D eigenvalue weighted by atomic mass is 35.5. The average Bonchev–Trinajstić information content (AvgIpc) is 2.76. The van der Waals surface area contributed by atoms with Crippen molar-refractivity contribution in [3.05, 3.63) is 29.4 Å². The fourth-order valence-electron chi connectivity index (χ4n) is 4.56. The Morgan fingerprint density at radius 1 is 1.32 bits per heavy atom. The van der Waals surface area contributed by atoms with Crippen molar-refractivity contribution in [3.8, 4) is 23.0 Å². The first-order valence-corrected chi connectivity index (χ1v) is 10.7. The fourth-order valence-corrected chi connectivity index (χ4v) is 4.72. The van der Waals surface area contributed by atoms with Gasteiger partial charge in [0.2, 0.25) is 0 Å². The SMILES string of the molecule is COCOc1cc(Cl)ccc1-c1ncc(O[C@H]2CC3CCCC([C@@H]2F)N3B(C)O)nn1. The second-order valence-electron chi connectivity index (χ2n) is 7.88. The zero-order chi connectivity index (χ0) is 22.0. The van der Waals surface area contributed by atoms with Crippen LogP contribution in [0, 0.1) is 0 Å². The van der Waals surface area contributed by atoms with Crippen molar-refractivity contribution in [1.29, 1.82) is 0 Å². The third-order valence-electron chi connectivity index (χ3n) is 5.83. The van der Waals surface area contributed by atoms with Crippen LogP contribution in [0.4, 0.5) is 4.39 Å². The van der Waals surface area contributed by atoms with Gasteiger partial charge in [-0.15, -0.1) is 10.2 Å². The molecule has 1 aromatic heterocycles. The number of fused-ring (bicyclic) bond motifs is 2. The van der Waals surface area contributed by atoms with Crippen molar-refractivity contribution in [2.75, 3.05) is 13.9 Å². The van der Waals surface area contributed by atoms with Crippen molar-refractivity contribution in [1.82, 2.24) is 20.0 Å². The number of nitrogens with zero attached hydrogens (tertiary/aromatic N) is 4. The van der Waals surface area contributed by atoms with Crippen LogP contribution in [0.5, 0.6) is 11.6 Å². The van der Waals surface area contributed by atoms with Crippen molar-refractivity contribution in [3.63, 3.8) is 0 Å². The Morgan fingerprint density at radius 2 is 2.16 bits per heavy atom. The summed E-state index contributed by atoms with van der Waals surface area (Å²) in [5, 5.41) is 18.8. The van der Waals surface area contributed by atoms with Crippen molar-refractivity contribution < 1.29 is 23.6 Å². The number of aromatic nitrogens is 3. The average molecular weight is 451 g/mol. The van der Waals surface area contributed by atoms with E-state index in [9.17, 15) is 5.02 Å². The Kier molecular flexibility index (Phi) is 6.91. The third-order valence-corrected chi connectivity index (χ3v) is 6.07. The molecule has 2 aromatic rings. The first-order valence-electron chi connectivity index (χ1n) is 10.4. The monoisotopic (exact) mass is 450 g/mol. The number of hydrogen-bond donors (Lipinski definition) is 1. The molecule has 1 aromatic carbocycles. The Balaban J connectivity index is 1.49. The molecule has 2 fully saturated rings. The Morgan fingerprint density at radius 3 is 2.87 bits per heavy atom. The van der Waals surface area contributed by atoms with E-state index in [4.69, 9.17) is 25.8 Å². The van der Waals surface area contributed by atoms with Crippen LogP contribution in [0.2, 0.25) is 11.8 Å². The minimum Gasteiger partial charge on any atom is -0.469 e. The van der Waals surface area contributed by atoms with E-state index in [0.717, 1.165) is 12.8 Å². The summed E-state index contributed by atoms with van der Waals surface area (Å²) in [5.74, 6) is 0.952. The minimum absolute atomic E-state index is 0.0490. The van der Waals surface area contributed by atoms with E-state index >= 15 is 4.39 Å². The summed E-state index contributed by atoms with van der Waals surface area (Å²) >= 11 is 6.05. The maximum atomic E-state index is 15.2. The Hall–Kier alpha value is -2.01. The largest absolute Gasteiger partial charge is 0.469 e.